The molecule has 0 heterocycles. The molecule has 1 rings (SSSR count). The van der Waals surface area contributed by atoms with E-state index in [1.807, 2.05) is 6.92 Å². The van der Waals surface area contributed by atoms with Crippen molar-refractivity contribution in [2.45, 2.75) is 19.9 Å². The number of hydrogen-bond acceptors (Lipinski definition) is 3. The van der Waals surface area contributed by atoms with Gasteiger partial charge in [0.2, 0.25) is 5.91 Å². The number of rotatable bonds is 6. The zero-order chi connectivity index (χ0) is 14.4. The Labute approximate surface area is 111 Å². The van der Waals surface area contributed by atoms with Crippen molar-refractivity contribution in [3.63, 3.8) is 0 Å². The number of hydrogen-bond donors (Lipinski definition) is 2. The average molecular weight is 272 g/mol. The lowest BCUT2D eigenvalue weighted by Crippen LogP contribution is -2.43. The number of nitrogens with one attached hydrogen (secondary N) is 1. The molecular formula is C13H18F2N2O2. The normalized spacial score (nSPS) is 12.5. The Morgan fingerprint density at radius 1 is 1.47 bits per heavy atom. The molecule has 0 aromatic heterocycles. The first kappa shape index (κ1) is 15.5. The van der Waals surface area contributed by atoms with Crippen LogP contribution in [0.1, 0.15) is 13.8 Å². The highest BCUT2D eigenvalue weighted by molar-refractivity contribution is 5.94. The Kier molecular flexibility index (Phi) is 5.85. The van der Waals surface area contributed by atoms with Crippen molar-refractivity contribution in [2.24, 2.45) is 0 Å². The van der Waals surface area contributed by atoms with E-state index in [0.29, 0.717) is 19.2 Å². The fraction of sp³-hybridized carbons (Fsp3) is 0.462. The molecule has 19 heavy (non-hydrogen) atoms. The summed E-state index contributed by atoms with van der Waals surface area (Å²) in [5.74, 6) is -1.91. The third-order valence-corrected chi connectivity index (χ3v) is 2.91. The molecule has 1 aromatic carbocycles. The molecule has 0 aliphatic carbocycles. The predicted octanol–water partition coefficient (Wildman–Crippen LogP) is 1.61. The van der Waals surface area contributed by atoms with Crippen LogP contribution in [0.15, 0.2) is 18.2 Å². The van der Waals surface area contributed by atoms with Gasteiger partial charge in [-0.2, -0.15) is 0 Å². The van der Waals surface area contributed by atoms with Gasteiger partial charge in [0.05, 0.1) is 18.3 Å². The second kappa shape index (κ2) is 7.16. The molecule has 0 saturated heterocycles. The highest BCUT2D eigenvalue weighted by Crippen LogP contribution is 2.15. The Bertz CT molecular complexity index is 441. The molecule has 0 saturated carbocycles. The number of aliphatic hydroxyl groups is 1. The monoisotopic (exact) mass is 272 g/mol. The molecule has 1 atom stereocenters. The Morgan fingerprint density at radius 3 is 2.68 bits per heavy atom. The summed E-state index contributed by atoms with van der Waals surface area (Å²) in [5, 5.41) is 11.3. The first-order chi connectivity index (χ1) is 8.99. The molecule has 106 valence electrons. The van der Waals surface area contributed by atoms with Gasteiger partial charge in [-0.25, -0.2) is 8.78 Å². The molecule has 1 amide bonds. The molecule has 6 heteroatoms. The summed E-state index contributed by atoms with van der Waals surface area (Å²) < 4.78 is 26.1. The zero-order valence-corrected chi connectivity index (χ0v) is 11.0. The Morgan fingerprint density at radius 2 is 2.16 bits per heavy atom. The first-order valence-electron chi connectivity index (χ1n) is 6.10. The lowest BCUT2D eigenvalue weighted by atomic mass is 10.2. The van der Waals surface area contributed by atoms with E-state index in [1.54, 1.807) is 11.8 Å². The number of anilines is 1. The number of aliphatic hydroxyl groups excluding tert-OH is 1. The van der Waals surface area contributed by atoms with Crippen molar-refractivity contribution in [3.8, 4) is 0 Å². The lowest BCUT2D eigenvalue weighted by Gasteiger charge is -2.26. The number of nitrogens with zero attached hydrogens (tertiary/aromatic N) is 1. The van der Waals surface area contributed by atoms with Gasteiger partial charge >= 0.3 is 0 Å². The first-order valence-corrected chi connectivity index (χ1v) is 6.10. The summed E-state index contributed by atoms with van der Waals surface area (Å²) in [7, 11) is 0. The molecule has 0 fully saturated rings. The van der Waals surface area contributed by atoms with Crippen LogP contribution >= 0.6 is 0 Å². The fourth-order valence-electron chi connectivity index (χ4n) is 1.75. The lowest BCUT2D eigenvalue weighted by molar-refractivity contribution is -0.120. The Hall–Kier alpha value is -1.53. The number of likely N-dealkylation sites (N-methyl/N-ethyl adjacent to an activating group) is 1. The standard InChI is InChI=1S/C13H18F2N2O2/c1-3-17(6-7-18)9(2)13(19)16-12-5-4-10(14)8-11(12)15/h4-5,8-9,18H,3,6-7H2,1-2H3,(H,16,19). The van der Waals surface area contributed by atoms with E-state index in [9.17, 15) is 13.6 Å². The number of carbonyl (C=O) groups excluding carboxylic acids is 1. The van der Waals surface area contributed by atoms with Crippen LogP contribution in [0.4, 0.5) is 14.5 Å². The minimum absolute atomic E-state index is 0.0571. The van der Waals surface area contributed by atoms with Crippen molar-refractivity contribution in [1.29, 1.82) is 0 Å². The summed E-state index contributed by atoms with van der Waals surface area (Å²) in [6.07, 6.45) is 0. The molecule has 4 nitrogen and oxygen atoms in total. The summed E-state index contributed by atoms with van der Waals surface area (Å²) in [5.41, 5.74) is -0.0571. The quantitative estimate of drug-likeness (QED) is 0.827. The minimum atomic E-state index is -0.814. The fourth-order valence-corrected chi connectivity index (χ4v) is 1.75. The van der Waals surface area contributed by atoms with Gasteiger partial charge in [-0.05, 0) is 25.6 Å². The number of benzene rings is 1. The molecule has 0 bridgehead atoms. The highest BCUT2D eigenvalue weighted by atomic mass is 19.1. The predicted molar refractivity (Wildman–Crippen MR) is 68.8 cm³/mol. The maximum atomic E-state index is 13.4. The van der Waals surface area contributed by atoms with Crippen molar-refractivity contribution >= 4 is 11.6 Å². The van der Waals surface area contributed by atoms with Crippen LogP contribution in [0, 0.1) is 11.6 Å². The summed E-state index contributed by atoms with van der Waals surface area (Å²) in [4.78, 5) is 13.7. The second-order valence-electron chi connectivity index (χ2n) is 4.14. The molecule has 1 unspecified atom stereocenters. The molecule has 0 aliphatic rings. The van der Waals surface area contributed by atoms with Gasteiger partial charge in [0.1, 0.15) is 11.6 Å². The molecule has 0 spiro atoms. The van der Waals surface area contributed by atoms with E-state index >= 15 is 0 Å². The van der Waals surface area contributed by atoms with Crippen molar-refractivity contribution in [2.75, 3.05) is 25.0 Å². The average Bonchev–Trinajstić information content (AvgIpc) is 2.38. The van der Waals surface area contributed by atoms with E-state index in [1.165, 1.54) is 6.07 Å². The zero-order valence-electron chi connectivity index (χ0n) is 11.0. The van der Waals surface area contributed by atoms with Gasteiger partial charge < -0.3 is 10.4 Å². The third kappa shape index (κ3) is 4.25. The molecular weight excluding hydrogens is 254 g/mol. The smallest absolute Gasteiger partial charge is 0.241 e. The molecule has 1 aromatic rings. The van der Waals surface area contributed by atoms with Crippen LogP contribution in [0.2, 0.25) is 0 Å². The van der Waals surface area contributed by atoms with Gasteiger partial charge in [-0.1, -0.05) is 6.92 Å². The second-order valence-corrected chi connectivity index (χ2v) is 4.14. The van der Waals surface area contributed by atoms with Gasteiger partial charge in [-0.3, -0.25) is 9.69 Å². The van der Waals surface area contributed by atoms with Crippen LogP contribution in [0.3, 0.4) is 0 Å². The largest absolute Gasteiger partial charge is 0.395 e. The van der Waals surface area contributed by atoms with Crippen LogP contribution in [0.5, 0.6) is 0 Å². The maximum absolute atomic E-state index is 13.4. The number of carbonyl (C=O) groups is 1. The van der Waals surface area contributed by atoms with Gasteiger partial charge in [-0.15, -0.1) is 0 Å². The number of halogens is 2. The topological polar surface area (TPSA) is 52.6 Å². The van der Waals surface area contributed by atoms with Gasteiger partial charge in [0.15, 0.2) is 0 Å². The van der Waals surface area contributed by atoms with Gasteiger partial charge in [0.25, 0.3) is 0 Å². The van der Waals surface area contributed by atoms with E-state index < -0.39 is 23.6 Å². The van der Waals surface area contributed by atoms with Crippen molar-refractivity contribution < 1.29 is 18.7 Å². The van der Waals surface area contributed by atoms with E-state index in [-0.39, 0.29) is 12.3 Å². The summed E-state index contributed by atoms with van der Waals surface area (Å²) >= 11 is 0. The van der Waals surface area contributed by atoms with Crippen LogP contribution < -0.4 is 5.32 Å². The molecule has 0 radical (unpaired) electrons. The maximum Gasteiger partial charge on any atom is 0.241 e. The highest BCUT2D eigenvalue weighted by Gasteiger charge is 2.20. The molecule has 0 aliphatic heterocycles. The van der Waals surface area contributed by atoms with Crippen LogP contribution in [0.25, 0.3) is 0 Å². The summed E-state index contributed by atoms with van der Waals surface area (Å²) in [6, 6.07) is 2.46. The van der Waals surface area contributed by atoms with Crippen molar-refractivity contribution in [1.82, 2.24) is 4.90 Å². The van der Waals surface area contributed by atoms with Gasteiger partial charge in [0, 0.05) is 12.6 Å². The van der Waals surface area contributed by atoms with Crippen molar-refractivity contribution in [3.05, 3.63) is 29.8 Å². The number of amides is 1. The van der Waals surface area contributed by atoms with E-state index in [2.05, 4.69) is 5.32 Å². The SMILES string of the molecule is CCN(CCO)C(C)C(=O)Nc1ccc(F)cc1F. The summed E-state index contributed by atoms with van der Waals surface area (Å²) in [6.45, 7) is 4.41. The van der Waals surface area contributed by atoms with Crippen LogP contribution in [-0.4, -0.2) is 41.7 Å². The minimum Gasteiger partial charge on any atom is -0.395 e. The van der Waals surface area contributed by atoms with E-state index in [4.69, 9.17) is 5.11 Å². The third-order valence-electron chi connectivity index (χ3n) is 2.91. The van der Waals surface area contributed by atoms with E-state index in [0.717, 1.165) is 6.07 Å². The Balaban J connectivity index is 2.72. The van der Waals surface area contributed by atoms with Crippen LogP contribution in [-0.2, 0) is 4.79 Å². The molecule has 2 N–H and O–H groups in total.